The Kier molecular flexibility index (Phi) is 5.67. The molecule has 3 aliphatic heterocycles. The van der Waals surface area contributed by atoms with E-state index in [4.69, 9.17) is 4.74 Å². The van der Waals surface area contributed by atoms with E-state index in [1.165, 1.54) is 0 Å². The van der Waals surface area contributed by atoms with Gasteiger partial charge in [0.15, 0.2) is 0 Å². The fourth-order valence-corrected chi connectivity index (χ4v) is 8.78. The van der Waals surface area contributed by atoms with E-state index in [0.29, 0.717) is 18.0 Å². The number of carbonyl (C=O) groups is 1. The molecule has 3 fully saturated rings. The van der Waals surface area contributed by atoms with Crippen LogP contribution in [0.3, 0.4) is 0 Å². The van der Waals surface area contributed by atoms with Gasteiger partial charge >= 0.3 is 5.97 Å². The van der Waals surface area contributed by atoms with Gasteiger partial charge in [-0.05, 0) is 62.9 Å². The van der Waals surface area contributed by atoms with Crippen molar-refractivity contribution in [2.75, 3.05) is 26.2 Å². The first-order valence-corrected chi connectivity index (χ1v) is 14.5. The van der Waals surface area contributed by atoms with Crippen LogP contribution in [-0.4, -0.2) is 61.4 Å². The number of fused-ring (bicyclic) bond motifs is 2. The summed E-state index contributed by atoms with van der Waals surface area (Å²) in [6, 6.07) is 17.9. The average molecular weight is 507 g/mol. The van der Waals surface area contributed by atoms with E-state index in [2.05, 4.69) is 11.0 Å². The summed E-state index contributed by atoms with van der Waals surface area (Å²) in [5.41, 5.74) is -0.814. The molecule has 0 aromatic heterocycles. The number of ether oxygens (including phenoxy) is 1. The Labute approximate surface area is 213 Å². The molecule has 3 saturated heterocycles. The number of likely N-dealkylation sites (tertiary alicyclic amines) is 1. The van der Waals surface area contributed by atoms with Crippen molar-refractivity contribution >= 4 is 37.5 Å². The Balaban J connectivity index is 1.25. The molecule has 0 N–H and O–H groups in total. The van der Waals surface area contributed by atoms with Crippen LogP contribution in [0, 0.1) is 5.41 Å². The second-order valence-electron chi connectivity index (χ2n) is 11.5. The quantitative estimate of drug-likeness (QED) is 0.371. The highest BCUT2D eigenvalue weighted by Gasteiger charge is 2.54. The molecule has 3 heterocycles. The molecule has 3 aromatic carbocycles. The zero-order valence-corrected chi connectivity index (χ0v) is 21.9. The zero-order chi connectivity index (χ0) is 25.1. The highest BCUT2D eigenvalue weighted by molar-refractivity contribution is 7.89. The van der Waals surface area contributed by atoms with Crippen LogP contribution in [0.15, 0.2) is 59.5 Å². The number of cyclic esters (lactones) is 1. The maximum absolute atomic E-state index is 14.1. The molecule has 3 aromatic rings. The van der Waals surface area contributed by atoms with Crippen molar-refractivity contribution in [3.05, 3.63) is 54.6 Å². The minimum Gasteiger partial charge on any atom is -0.459 e. The molecule has 36 heavy (non-hydrogen) atoms. The van der Waals surface area contributed by atoms with Gasteiger partial charge in [-0.25, -0.2) is 8.42 Å². The van der Waals surface area contributed by atoms with Gasteiger partial charge in [0.05, 0.1) is 10.3 Å². The van der Waals surface area contributed by atoms with Crippen molar-refractivity contribution in [3.63, 3.8) is 0 Å². The smallest absolute Gasteiger partial charge is 0.314 e. The molecule has 6 rings (SSSR count). The van der Waals surface area contributed by atoms with Crippen LogP contribution in [0.25, 0.3) is 21.5 Å². The van der Waals surface area contributed by atoms with Crippen LogP contribution in [0.1, 0.15) is 46.0 Å². The fraction of sp³-hybridized carbons (Fsp3) is 0.483. The summed E-state index contributed by atoms with van der Waals surface area (Å²) < 4.78 is 35.5. The van der Waals surface area contributed by atoms with Crippen molar-refractivity contribution in [1.29, 1.82) is 0 Å². The SMILES string of the molecule is CC1(C)CC2(CCCN(C3CCN(S(=O)(=O)c4c5ccccc5cc5ccccc45)CC3)C2)C(=O)O1. The molecule has 1 unspecified atom stereocenters. The first-order chi connectivity index (χ1) is 17.2. The molecule has 190 valence electrons. The topological polar surface area (TPSA) is 66.9 Å². The van der Waals surface area contributed by atoms with Gasteiger partial charge in [-0.2, -0.15) is 4.31 Å². The third kappa shape index (κ3) is 3.92. The Morgan fingerprint density at radius 2 is 1.53 bits per heavy atom. The third-order valence-corrected chi connectivity index (χ3v) is 10.4. The molecule has 0 bridgehead atoms. The summed E-state index contributed by atoms with van der Waals surface area (Å²) in [6.07, 6.45) is 4.17. The normalized spacial score (nSPS) is 26.1. The molecule has 1 spiro atoms. The van der Waals surface area contributed by atoms with Gasteiger partial charge in [0.2, 0.25) is 10.0 Å². The number of carbonyl (C=O) groups excluding carboxylic acids is 1. The predicted octanol–water partition coefficient (Wildman–Crippen LogP) is 4.95. The highest BCUT2D eigenvalue weighted by Crippen LogP contribution is 2.47. The molecule has 0 saturated carbocycles. The predicted molar refractivity (Wildman–Crippen MR) is 141 cm³/mol. The summed E-state index contributed by atoms with van der Waals surface area (Å²) in [5.74, 6) is -0.0555. The monoisotopic (exact) mass is 506 g/mol. The highest BCUT2D eigenvalue weighted by atomic mass is 32.2. The Morgan fingerprint density at radius 3 is 2.11 bits per heavy atom. The van der Waals surface area contributed by atoms with E-state index in [9.17, 15) is 13.2 Å². The van der Waals surface area contributed by atoms with Crippen LogP contribution >= 0.6 is 0 Å². The van der Waals surface area contributed by atoms with E-state index < -0.39 is 21.0 Å². The van der Waals surface area contributed by atoms with Crippen molar-refractivity contribution in [2.45, 2.75) is 62.5 Å². The van der Waals surface area contributed by atoms with Crippen molar-refractivity contribution in [1.82, 2.24) is 9.21 Å². The molecule has 7 heteroatoms. The number of rotatable bonds is 3. The zero-order valence-electron chi connectivity index (χ0n) is 21.1. The van der Waals surface area contributed by atoms with Gasteiger partial charge < -0.3 is 4.74 Å². The lowest BCUT2D eigenvalue weighted by molar-refractivity contribution is -0.154. The molecular weight excluding hydrogens is 472 g/mol. The van der Waals surface area contributed by atoms with Gasteiger partial charge in [0, 0.05) is 42.9 Å². The van der Waals surface area contributed by atoms with Gasteiger partial charge in [-0.3, -0.25) is 9.69 Å². The molecule has 0 aliphatic carbocycles. The molecular formula is C29H34N2O4S. The van der Waals surface area contributed by atoms with Crippen LogP contribution in [0.5, 0.6) is 0 Å². The minimum absolute atomic E-state index is 0.0555. The lowest BCUT2D eigenvalue weighted by Gasteiger charge is -2.44. The lowest BCUT2D eigenvalue weighted by Crippen LogP contribution is -2.53. The second-order valence-corrected chi connectivity index (χ2v) is 13.3. The van der Waals surface area contributed by atoms with Crippen LogP contribution in [0.2, 0.25) is 0 Å². The molecule has 0 radical (unpaired) electrons. The first-order valence-electron chi connectivity index (χ1n) is 13.1. The number of hydrogen-bond donors (Lipinski definition) is 0. The summed E-state index contributed by atoms with van der Waals surface area (Å²) >= 11 is 0. The minimum atomic E-state index is -3.68. The third-order valence-electron chi connectivity index (χ3n) is 8.43. The molecule has 0 amide bonds. The summed E-state index contributed by atoms with van der Waals surface area (Å²) in [4.78, 5) is 15.7. The average Bonchev–Trinajstić information content (AvgIpc) is 3.08. The van der Waals surface area contributed by atoms with Gasteiger partial charge in [-0.15, -0.1) is 0 Å². The van der Waals surface area contributed by atoms with Crippen LogP contribution < -0.4 is 0 Å². The largest absolute Gasteiger partial charge is 0.459 e. The Hall–Kier alpha value is -2.48. The Morgan fingerprint density at radius 1 is 0.917 bits per heavy atom. The molecule has 1 atom stereocenters. The standard InChI is InChI=1S/C29H34N2O4S/c1-28(2)19-29(27(32)35-28)14-7-15-30(20-29)23-12-16-31(17-13-23)36(33,34)26-24-10-5-3-8-21(24)18-22-9-4-6-11-25(22)26/h3-6,8-11,18,23H,7,12-17,19-20H2,1-2H3. The number of hydrogen-bond acceptors (Lipinski definition) is 5. The van der Waals surface area contributed by atoms with E-state index in [0.717, 1.165) is 66.7 Å². The summed E-state index contributed by atoms with van der Waals surface area (Å²) in [5, 5.41) is 3.43. The molecule has 6 nitrogen and oxygen atoms in total. The van der Waals surface area contributed by atoms with E-state index in [-0.39, 0.29) is 12.0 Å². The van der Waals surface area contributed by atoms with Crippen molar-refractivity contribution in [2.24, 2.45) is 5.41 Å². The van der Waals surface area contributed by atoms with Crippen molar-refractivity contribution < 1.29 is 17.9 Å². The fourth-order valence-electron chi connectivity index (χ4n) is 6.90. The molecule has 3 aliphatic rings. The number of sulfonamides is 1. The van der Waals surface area contributed by atoms with Crippen LogP contribution in [0.4, 0.5) is 0 Å². The number of piperidine rings is 2. The number of benzene rings is 3. The number of esters is 1. The summed E-state index contributed by atoms with van der Waals surface area (Å²) in [7, 11) is -3.68. The van der Waals surface area contributed by atoms with Crippen LogP contribution in [-0.2, 0) is 19.6 Å². The van der Waals surface area contributed by atoms with Gasteiger partial charge in [0.25, 0.3) is 0 Å². The van der Waals surface area contributed by atoms with E-state index in [1.54, 1.807) is 4.31 Å². The number of nitrogens with zero attached hydrogens (tertiary/aromatic N) is 2. The van der Waals surface area contributed by atoms with E-state index in [1.807, 2.05) is 62.4 Å². The van der Waals surface area contributed by atoms with Gasteiger partial charge in [-0.1, -0.05) is 48.5 Å². The lowest BCUT2D eigenvalue weighted by atomic mass is 9.74. The summed E-state index contributed by atoms with van der Waals surface area (Å²) in [6.45, 7) is 6.66. The second kappa shape index (κ2) is 8.54. The first kappa shape index (κ1) is 23.9. The maximum atomic E-state index is 14.1. The van der Waals surface area contributed by atoms with Gasteiger partial charge in [0.1, 0.15) is 5.60 Å². The van der Waals surface area contributed by atoms with Crippen molar-refractivity contribution in [3.8, 4) is 0 Å². The maximum Gasteiger partial charge on any atom is 0.314 e. The van der Waals surface area contributed by atoms with E-state index >= 15 is 0 Å². The Bertz CT molecular complexity index is 1390.